The van der Waals surface area contributed by atoms with Crippen molar-refractivity contribution in [3.05, 3.63) is 0 Å². The highest BCUT2D eigenvalue weighted by atomic mass is 16.4. The van der Waals surface area contributed by atoms with Gasteiger partial charge in [-0.1, -0.05) is 6.92 Å². The molecule has 0 aromatic carbocycles. The van der Waals surface area contributed by atoms with E-state index in [9.17, 15) is 14.7 Å². The Kier molecular flexibility index (Phi) is 3.26. The topological polar surface area (TPSA) is 74.6 Å². The Hall–Kier alpha value is -0.900. The van der Waals surface area contributed by atoms with Crippen molar-refractivity contribution in [2.45, 2.75) is 44.6 Å². The molecule has 0 aromatic heterocycles. The maximum absolute atomic E-state index is 11.4. The third kappa shape index (κ3) is 2.12. The number of carboxylic acids is 1. The summed E-state index contributed by atoms with van der Waals surface area (Å²) in [5.74, 6) is -1.38. The van der Waals surface area contributed by atoms with Crippen LogP contribution in [0, 0.1) is 5.92 Å². The summed E-state index contributed by atoms with van der Waals surface area (Å²) in [7, 11) is 0. The summed E-state index contributed by atoms with van der Waals surface area (Å²) < 4.78 is 0. The normalized spacial score (nSPS) is 32.6. The molecule has 0 amide bonds. The van der Waals surface area contributed by atoms with Gasteiger partial charge >= 0.3 is 5.97 Å². The average Bonchev–Trinajstić information content (AvgIpc) is 2.17. The fourth-order valence-electron chi connectivity index (χ4n) is 1.95. The van der Waals surface area contributed by atoms with E-state index >= 15 is 0 Å². The van der Waals surface area contributed by atoms with Crippen LogP contribution in [0.15, 0.2) is 0 Å². The molecule has 1 aliphatic carbocycles. The van der Waals surface area contributed by atoms with Crippen LogP contribution in [0.3, 0.4) is 0 Å². The van der Waals surface area contributed by atoms with Crippen molar-refractivity contribution in [1.82, 2.24) is 0 Å². The first-order valence-electron chi connectivity index (χ1n) is 4.98. The molecule has 0 saturated heterocycles. The molecule has 2 N–H and O–H groups in total. The van der Waals surface area contributed by atoms with Gasteiger partial charge in [0.1, 0.15) is 5.60 Å². The maximum atomic E-state index is 11.4. The molecule has 0 spiro atoms. The number of hydrogen-bond acceptors (Lipinski definition) is 3. The zero-order chi connectivity index (χ0) is 10.8. The summed E-state index contributed by atoms with van der Waals surface area (Å²) in [6.07, 6.45) is 1.69. The molecule has 14 heavy (non-hydrogen) atoms. The van der Waals surface area contributed by atoms with Gasteiger partial charge in [-0.05, 0) is 25.7 Å². The zero-order valence-corrected chi connectivity index (χ0v) is 8.32. The number of carboxylic acid groups (broad SMARTS) is 1. The van der Waals surface area contributed by atoms with Gasteiger partial charge in [0.15, 0.2) is 5.78 Å². The number of aliphatic hydroxyl groups is 1. The molecule has 0 bridgehead atoms. The monoisotopic (exact) mass is 200 g/mol. The first kappa shape index (κ1) is 11.2. The number of Topliss-reactive ketones (excluding diaryl/α,β-unsaturated/α-hetero) is 1. The zero-order valence-electron chi connectivity index (χ0n) is 8.32. The summed E-state index contributed by atoms with van der Waals surface area (Å²) in [6.45, 7) is 1.71. The molecule has 0 unspecified atom stereocenters. The fraction of sp³-hybridized carbons (Fsp3) is 0.800. The predicted molar refractivity (Wildman–Crippen MR) is 49.8 cm³/mol. The van der Waals surface area contributed by atoms with Crippen molar-refractivity contribution < 1.29 is 19.8 Å². The molecule has 1 saturated carbocycles. The van der Waals surface area contributed by atoms with Gasteiger partial charge in [-0.3, -0.25) is 9.59 Å². The van der Waals surface area contributed by atoms with Crippen LogP contribution in [0.1, 0.15) is 39.0 Å². The lowest BCUT2D eigenvalue weighted by Gasteiger charge is -2.32. The largest absolute Gasteiger partial charge is 0.481 e. The van der Waals surface area contributed by atoms with Crippen LogP contribution in [0.4, 0.5) is 0 Å². The smallest absolute Gasteiger partial charge is 0.306 e. The van der Waals surface area contributed by atoms with Gasteiger partial charge in [-0.25, -0.2) is 0 Å². The van der Waals surface area contributed by atoms with Crippen molar-refractivity contribution in [2.24, 2.45) is 5.92 Å². The van der Waals surface area contributed by atoms with Crippen molar-refractivity contribution in [3.8, 4) is 0 Å². The molecule has 1 rings (SSSR count). The lowest BCUT2D eigenvalue weighted by atomic mass is 9.76. The Bertz CT molecular complexity index is 239. The molecule has 1 aliphatic rings. The number of rotatable bonds is 3. The summed E-state index contributed by atoms with van der Waals surface area (Å²) in [5, 5.41) is 18.6. The highest BCUT2D eigenvalue weighted by Crippen LogP contribution is 2.33. The van der Waals surface area contributed by atoms with Crippen LogP contribution >= 0.6 is 0 Å². The van der Waals surface area contributed by atoms with Gasteiger partial charge in [0.2, 0.25) is 0 Å². The molecule has 0 atom stereocenters. The van der Waals surface area contributed by atoms with E-state index in [-0.39, 0.29) is 24.5 Å². The Balaban J connectivity index is 2.57. The Morgan fingerprint density at radius 3 is 2.21 bits per heavy atom. The van der Waals surface area contributed by atoms with Gasteiger partial charge in [0.05, 0.1) is 5.92 Å². The second-order valence-corrected chi connectivity index (χ2v) is 3.92. The fourth-order valence-corrected chi connectivity index (χ4v) is 1.95. The molecular formula is C10H16O4. The van der Waals surface area contributed by atoms with Crippen LogP contribution in [0.2, 0.25) is 0 Å². The minimum Gasteiger partial charge on any atom is -0.481 e. The third-order valence-electron chi connectivity index (χ3n) is 3.00. The van der Waals surface area contributed by atoms with Gasteiger partial charge < -0.3 is 10.2 Å². The molecule has 80 valence electrons. The molecule has 4 heteroatoms. The predicted octanol–water partition coefficient (Wildman–Crippen LogP) is 0.971. The second-order valence-electron chi connectivity index (χ2n) is 3.92. The van der Waals surface area contributed by atoms with Gasteiger partial charge in [-0.15, -0.1) is 0 Å². The van der Waals surface area contributed by atoms with E-state index in [1.54, 1.807) is 6.92 Å². The quantitative estimate of drug-likeness (QED) is 0.711. The van der Waals surface area contributed by atoms with Crippen LogP contribution in [-0.2, 0) is 9.59 Å². The Morgan fingerprint density at radius 2 is 1.86 bits per heavy atom. The Morgan fingerprint density at radius 1 is 1.36 bits per heavy atom. The number of hydrogen-bond donors (Lipinski definition) is 2. The van der Waals surface area contributed by atoms with E-state index in [1.807, 2.05) is 0 Å². The molecule has 4 nitrogen and oxygen atoms in total. The van der Waals surface area contributed by atoms with E-state index in [0.717, 1.165) is 0 Å². The molecule has 0 heterocycles. The molecular weight excluding hydrogens is 184 g/mol. The number of carbonyl (C=O) groups excluding carboxylic acids is 1. The Labute approximate surface area is 82.9 Å². The van der Waals surface area contributed by atoms with Crippen LogP contribution < -0.4 is 0 Å². The highest BCUT2D eigenvalue weighted by Gasteiger charge is 2.40. The van der Waals surface area contributed by atoms with Gasteiger partial charge in [-0.2, -0.15) is 0 Å². The van der Waals surface area contributed by atoms with Crippen LogP contribution in [-0.4, -0.2) is 27.6 Å². The van der Waals surface area contributed by atoms with E-state index in [1.165, 1.54) is 0 Å². The van der Waals surface area contributed by atoms with E-state index in [0.29, 0.717) is 19.3 Å². The second kappa shape index (κ2) is 4.09. The third-order valence-corrected chi connectivity index (χ3v) is 3.00. The lowest BCUT2D eigenvalue weighted by molar-refractivity contribution is -0.150. The number of aliphatic carboxylic acids is 1. The first-order valence-corrected chi connectivity index (χ1v) is 4.98. The molecule has 1 fully saturated rings. The van der Waals surface area contributed by atoms with Crippen LogP contribution in [0.5, 0.6) is 0 Å². The summed E-state index contributed by atoms with van der Waals surface area (Å²) in [4.78, 5) is 22.0. The molecule has 0 radical (unpaired) electrons. The molecule has 0 aliphatic heterocycles. The van der Waals surface area contributed by atoms with Crippen molar-refractivity contribution in [1.29, 1.82) is 0 Å². The summed E-state index contributed by atoms with van der Waals surface area (Å²) >= 11 is 0. The summed E-state index contributed by atoms with van der Waals surface area (Å²) in [5.41, 5.74) is -1.25. The highest BCUT2D eigenvalue weighted by molar-refractivity contribution is 5.87. The number of carbonyl (C=O) groups is 2. The van der Waals surface area contributed by atoms with Crippen LogP contribution in [0.25, 0.3) is 0 Å². The van der Waals surface area contributed by atoms with Crippen molar-refractivity contribution in [2.75, 3.05) is 0 Å². The summed E-state index contributed by atoms with van der Waals surface area (Å²) in [6, 6.07) is 0. The average molecular weight is 200 g/mol. The first-order chi connectivity index (χ1) is 6.49. The minimum atomic E-state index is -1.25. The van der Waals surface area contributed by atoms with Gasteiger partial charge in [0.25, 0.3) is 0 Å². The van der Waals surface area contributed by atoms with E-state index in [4.69, 9.17) is 5.11 Å². The van der Waals surface area contributed by atoms with E-state index < -0.39 is 11.6 Å². The maximum Gasteiger partial charge on any atom is 0.306 e. The SMILES string of the molecule is CCC(=O)[C@]1(O)CC[C@@H](C(=O)O)CC1. The van der Waals surface area contributed by atoms with Gasteiger partial charge in [0, 0.05) is 6.42 Å². The lowest BCUT2D eigenvalue weighted by Crippen LogP contribution is -2.42. The van der Waals surface area contributed by atoms with Crippen molar-refractivity contribution in [3.63, 3.8) is 0 Å². The van der Waals surface area contributed by atoms with Crippen molar-refractivity contribution >= 4 is 11.8 Å². The molecule has 0 aromatic rings. The van der Waals surface area contributed by atoms with E-state index in [2.05, 4.69) is 0 Å². The minimum absolute atomic E-state index is 0.165. The number of ketones is 1. The standard InChI is InChI=1S/C10H16O4/c1-2-8(11)10(14)5-3-7(4-6-10)9(12)13/h7,14H,2-6H2,1H3,(H,12,13)/t7-,10+.